The Morgan fingerprint density at radius 2 is 2.41 bits per heavy atom. The van der Waals surface area contributed by atoms with Crippen molar-refractivity contribution in [2.45, 2.75) is 6.61 Å². The maximum absolute atomic E-state index is 13.3. The van der Waals surface area contributed by atoms with Crippen molar-refractivity contribution in [2.24, 2.45) is 10.8 Å². The van der Waals surface area contributed by atoms with E-state index in [4.69, 9.17) is 15.2 Å². The third-order valence-electron chi connectivity index (χ3n) is 2.08. The van der Waals surface area contributed by atoms with Crippen molar-refractivity contribution in [3.05, 3.63) is 29.1 Å². The molecule has 2 rings (SSSR count). The first-order chi connectivity index (χ1) is 8.16. The van der Waals surface area contributed by atoms with Gasteiger partial charge >= 0.3 is 0 Å². The molecule has 1 aliphatic heterocycles. The molecule has 0 spiro atoms. The van der Waals surface area contributed by atoms with Crippen LogP contribution in [-0.2, 0) is 11.3 Å². The fourth-order valence-corrected chi connectivity index (χ4v) is 1.52. The standard InChI is InChI=1S/C10H10FN3O2S/c11-8-1-6(3-13-14-10(12)17)9-7(2-8)4-15-5-16-9/h1-3H,4-5H2,(H3,12,14,17). The van der Waals surface area contributed by atoms with E-state index in [-0.39, 0.29) is 17.7 Å². The second-order valence-corrected chi connectivity index (χ2v) is 3.77. The van der Waals surface area contributed by atoms with Gasteiger partial charge in [-0.3, -0.25) is 5.43 Å². The summed E-state index contributed by atoms with van der Waals surface area (Å²) in [6.07, 6.45) is 1.40. The second-order valence-electron chi connectivity index (χ2n) is 3.33. The number of hydrogen-bond acceptors (Lipinski definition) is 4. The quantitative estimate of drug-likeness (QED) is 0.466. The van der Waals surface area contributed by atoms with E-state index in [1.165, 1.54) is 18.3 Å². The molecule has 0 fully saturated rings. The van der Waals surface area contributed by atoms with E-state index in [0.717, 1.165) is 0 Å². The zero-order valence-electron chi connectivity index (χ0n) is 8.77. The van der Waals surface area contributed by atoms with Crippen molar-refractivity contribution in [3.63, 3.8) is 0 Å². The van der Waals surface area contributed by atoms with Gasteiger partial charge < -0.3 is 15.2 Å². The Balaban J connectivity index is 2.29. The van der Waals surface area contributed by atoms with Crippen LogP contribution in [0.4, 0.5) is 4.39 Å². The van der Waals surface area contributed by atoms with Gasteiger partial charge in [0.15, 0.2) is 11.9 Å². The van der Waals surface area contributed by atoms with Gasteiger partial charge in [0.2, 0.25) is 0 Å². The van der Waals surface area contributed by atoms with Crippen LogP contribution in [0, 0.1) is 5.82 Å². The predicted molar refractivity (Wildman–Crippen MR) is 64.2 cm³/mol. The average molecular weight is 255 g/mol. The summed E-state index contributed by atoms with van der Waals surface area (Å²) in [6.45, 7) is 0.457. The number of halogens is 1. The van der Waals surface area contributed by atoms with E-state index in [9.17, 15) is 4.39 Å². The summed E-state index contributed by atoms with van der Waals surface area (Å²) in [4.78, 5) is 0. The number of ether oxygens (including phenoxy) is 2. The van der Waals surface area contributed by atoms with Crippen LogP contribution in [0.3, 0.4) is 0 Å². The van der Waals surface area contributed by atoms with E-state index >= 15 is 0 Å². The van der Waals surface area contributed by atoms with Crippen LogP contribution in [0.2, 0.25) is 0 Å². The summed E-state index contributed by atoms with van der Waals surface area (Å²) in [5.41, 5.74) is 8.75. The molecule has 0 radical (unpaired) electrons. The molecule has 0 atom stereocenters. The number of nitrogens with one attached hydrogen (secondary N) is 1. The number of nitrogens with two attached hydrogens (primary N) is 1. The number of fused-ring (bicyclic) bond motifs is 1. The minimum absolute atomic E-state index is 0.0378. The molecule has 5 nitrogen and oxygen atoms in total. The lowest BCUT2D eigenvalue weighted by molar-refractivity contribution is -0.0166. The van der Waals surface area contributed by atoms with Gasteiger partial charge in [0.1, 0.15) is 11.6 Å². The lowest BCUT2D eigenvalue weighted by Crippen LogP contribution is -2.24. The van der Waals surface area contributed by atoms with Crippen LogP contribution in [0.15, 0.2) is 17.2 Å². The van der Waals surface area contributed by atoms with Gasteiger partial charge in [0.25, 0.3) is 0 Å². The highest BCUT2D eigenvalue weighted by atomic mass is 32.1. The maximum Gasteiger partial charge on any atom is 0.189 e. The van der Waals surface area contributed by atoms with E-state index in [1.807, 2.05) is 0 Å². The Kier molecular flexibility index (Phi) is 3.50. The van der Waals surface area contributed by atoms with Crippen molar-refractivity contribution in [1.82, 2.24) is 5.43 Å². The van der Waals surface area contributed by atoms with Gasteiger partial charge in [-0.1, -0.05) is 0 Å². The SMILES string of the molecule is NC(=S)NN=Cc1cc(F)cc2c1OCOC2. The molecule has 1 aromatic carbocycles. The highest BCUT2D eigenvalue weighted by Gasteiger charge is 2.15. The molecule has 0 unspecified atom stereocenters. The zero-order chi connectivity index (χ0) is 12.3. The number of nitrogens with zero attached hydrogens (tertiary/aromatic N) is 1. The smallest absolute Gasteiger partial charge is 0.189 e. The molecular formula is C10H10FN3O2S. The molecule has 1 heterocycles. The minimum Gasteiger partial charge on any atom is -0.466 e. The summed E-state index contributed by atoms with van der Waals surface area (Å²) >= 11 is 4.59. The molecule has 17 heavy (non-hydrogen) atoms. The van der Waals surface area contributed by atoms with Gasteiger partial charge in [-0.25, -0.2) is 4.39 Å². The monoisotopic (exact) mass is 255 g/mol. The molecule has 1 aromatic rings. The fraction of sp³-hybridized carbons (Fsp3) is 0.200. The molecule has 1 aliphatic rings. The molecule has 0 aliphatic carbocycles. The Labute approximate surface area is 102 Å². The van der Waals surface area contributed by atoms with Crippen molar-refractivity contribution in [2.75, 3.05) is 6.79 Å². The van der Waals surface area contributed by atoms with E-state index in [1.54, 1.807) is 0 Å². The highest BCUT2D eigenvalue weighted by Crippen LogP contribution is 2.28. The fourth-order valence-electron chi connectivity index (χ4n) is 1.47. The normalized spacial score (nSPS) is 14.2. The van der Waals surface area contributed by atoms with Crippen molar-refractivity contribution >= 4 is 23.5 Å². The van der Waals surface area contributed by atoms with Gasteiger partial charge in [-0.2, -0.15) is 5.10 Å². The first-order valence-corrected chi connectivity index (χ1v) is 5.19. The second kappa shape index (κ2) is 5.07. The lowest BCUT2D eigenvalue weighted by Gasteiger charge is -2.19. The van der Waals surface area contributed by atoms with Crippen LogP contribution in [-0.4, -0.2) is 18.1 Å². The average Bonchev–Trinajstić information content (AvgIpc) is 2.28. The molecule has 0 amide bonds. The molecule has 0 bridgehead atoms. The number of thiocarbonyl (C=S) groups is 1. The van der Waals surface area contributed by atoms with Crippen molar-refractivity contribution < 1.29 is 13.9 Å². The first-order valence-electron chi connectivity index (χ1n) is 4.78. The summed E-state index contributed by atoms with van der Waals surface area (Å²) in [5.74, 6) is 0.181. The first kappa shape index (κ1) is 11.7. The number of rotatable bonds is 2. The molecule has 3 N–H and O–H groups in total. The molecule has 0 aromatic heterocycles. The van der Waals surface area contributed by atoms with Gasteiger partial charge in [0, 0.05) is 11.1 Å². The van der Waals surface area contributed by atoms with Crippen LogP contribution in [0.1, 0.15) is 11.1 Å². The summed E-state index contributed by atoms with van der Waals surface area (Å²) in [7, 11) is 0. The minimum atomic E-state index is -0.380. The van der Waals surface area contributed by atoms with E-state index in [0.29, 0.717) is 23.5 Å². The summed E-state index contributed by atoms with van der Waals surface area (Å²) < 4.78 is 23.7. The Morgan fingerprint density at radius 3 is 3.18 bits per heavy atom. The Bertz CT molecular complexity index is 479. The molecule has 7 heteroatoms. The van der Waals surface area contributed by atoms with Gasteiger partial charge in [-0.05, 0) is 24.4 Å². The zero-order valence-corrected chi connectivity index (χ0v) is 9.59. The topological polar surface area (TPSA) is 68.9 Å². The number of benzene rings is 1. The van der Waals surface area contributed by atoms with Crippen LogP contribution in [0.5, 0.6) is 5.75 Å². The van der Waals surface area contributed by atoms with Crippen LogP contribution in [0.25, 0.3) is 0 Å². The predicted octanol–water partition coefficient (Wildman–Crippen LogP) is 0.859. The molecular weight excluding hydrogens is 245 g/mol. The van der Waals surface area contributed by atoms with Gasteiger partial charge in [-0.15, -0.1) is 0 Å². The Hall–Kier alpha value is -1.73. The maximum atomic E-state index is 13.3. The van der Waals surface area contributed by atoms with Crippen LogP contribution < -0.4 is 15.9 Å². The Morgan fingerprint density at radius 1 is 1.59 bits per heavy atom. The van der Waals surface area contributed by atoms with Crippen molar-refractivity contribution in [3.8, 4) is 5.75 Å². The number of hydrogen-bond donors (Lipinski definition) is 2. The van der Waals surface area contributed by atoms with Gasteiger partial charge in [0.05, 0.1) is 12.8 Å². The van der Waals surface area contributed by atoms with Crippen molar-refractivity contribution in [1.29, 1.82) is 0 Å². The van der Waals surface area contributed by atoms with E-state index < -0.39 is 0 Å². The lowest BCUT2D eigenvalue weighted by atomic mass is 10.1. The largest absolute Gasteiger partial charge is 0.466 e. The summed E-state index contributed by atoms with van der Waals surface area (Å²) in [5, 5.41) is 3.80. The van der Waals surface area contributed by atoms with E-state index in [2.05, 4.69) is 22.7 Å². The molecule has 0 saturated carbocycles. The number of hydrazone groups is 1. The third-order valence-corrected chi connectivity index (χ3v) is 2.17. The molecule has 0 saturated heterocycles. The third kappa shape index (κ3) is 2.89. The van der Waals surface area contributed by atoms with Crippen LogP contribution >= 0.6 is 12.2 Å². The molecule has 90 valence electrons. The highest BCUT2D eigenvalue weighted by molar-refractivity contribution is 7.80. The summed E-state index contributed by atoms with van der Waals surface area (Å²) in [6, 6.07) is 2.68.